The van der Waals surface area contributed by atoms with Gasteiger partial charge >= 0.3 is 32.1 Å². The molecule has 0 bridgehead atoms. The van der Waals surface area contributed by atoms with E-state index >= 15 is 0 Å². The summed E-state index contributed by atoms with van der Waals surface area (Å²) < 4.78 is 79.6. The number of halogens is 3. The van der Waals surface area contributed by atoms with Gasteiger partial charge in [-0.1, -0.05) is 86.6 Å². The summed E-state index contributed by atoms with van der Waals surface area (Å²) in [5.41, 5.74) is -5.26. The van der Waals surface area contributed by atoms with Crippen molar-refractivity contribution in [2.45, 2.75) is 32.2 Å². The molecule has 0 N–H and O–H groups in total. The monoisotopic (exact) mass is 810 g/mol. The first-order chi connectivity index (χ1) is 23.8. The first kappa shape index (κ1) is 44.3. The van der Waals surface area contributed by atoms with E-state index < -0.39 is 31.5 Å². The Hall–Kier alpha value is -2.87. The van der Waals surface area contributed by atoms with Gasteiger partial charge in [-0.25, -0.2) is 0 Å². The molecule has 0 aliphatic heterocycles. The van der Waals surface area contributed by atoms with E-state index in [1.807, 2.05) is 24.3 Å². The third kappa shape index (κ3) is 11.1. The molecule has 0 atom stereocenters. The zero-order valence-corrected chi connectivity index (χ0v) is 33.3. The van der Waals surface area contributed by atoms with Gasteiger partial charge in [-0.3, -0.25) is 4.18 Å². The maximum absolute atomic E-state index is 11.1. The number of benzene rings is 4. The summed E-state index contributed by atoms with van der Waals surface area (Å²) in [4.78, 5) is 0. The molecule has 0 spiro atoms. The molecule has 0 unspecified atom stereocenters. The minimum Gasteiger partial charge on any atom is -0.496 e. The minimum atomic E-state index is -5.34. The van der Waals surface area contributed by atoms with Gasteiger partial charge in [-0.2, -0.15) is 21.6 Å². The van der Waals surface area contributed by atoms with Gasteiger partial charge in [0.05, 0.1) is 35.5 Å². The molecule has 0 aliphatic carbocycles. The first-order valence-electron chi connectivity index (χ1n) is 15.8. The number of methoxy groups -OCH3 is 4. The molecular weight excluding hydrogens is 766 g/mol. The van der Waals surface area contributed by atoms with Gasteiger partial charge in [0, 0.05) is 21.2 Å². The van der Waals surface area contributed by atoms with E-state index in [0.29, 0.717) is 7.11 Å². The minimum absolute atomic E-state index is 0. The van der Waals surface area contributed by atoms with Crippen molar-refractivity contribution in [2.75, 3.05) is 47.9 Å². The summed E-state index contributed by atoms with van der Waals surface area (Å²) in [6, 6.07) is 33.9. The topological polar surface area (TPSA) is 80.3 Å². The normalized spacial score (nSPS) is 11.7. The SMILES string of the molecule is CCC(CC)(CP(c1ccccc1OC)c1ccccc1OC)CP(c1ccccc1OC)c1ccccc1OC.COS(=O)(=O)C(F)(F)F.[Ni+2]. The second-order valence-electron chi connectivity index (χ2n) is 11.1. The Bertz CT molecular complexity index is 1580. The van der Waals surface area contributed by atoms with Crippen LogP contribution in [-0.4, -0.2) is 61.8 Å². The van der Waals surface area contributed by atoms with E-state index in [4.69, 9.17) is 18.9 Å². The quantitative estimate of drug-likeness (QED) is 0.0531. The third-order valence-corrected chi connectivity index (χ3v) is 15.3. The summed E-state index contributed by atoms with van der Waals surface area (Å²) in [6.45, 7) is 4.69. The predicted molar refractivity (Wildman–Crippen MR) is 199 cm³/mol. The molecule has 280 valence electrons. The number of hydrogen-bond acceptors (Lipinski definition) is 7. The Balaban J connectivity index is 0.000000796. The molecule has 14 heteroatoms. The fraction of sp³-hybridized carbons (Fsp3) is 0.351. The second kappa shape index (κ2) is 20.4. The molecule has 0 aliphatic rings. The second-order valence-corrected chi connectivity index (χ2v) is 17.1. The summed E-state index contributed by atoms with van der Waals surface area (Å²) in [5.74, 6) is 3.73. The van der Waals surface area contributed by atoms with E-state index in [2.05, 4.69) is 90.8 Å². The van der Waals surface area contributed by atoms with Crippen molar-refractivity contribution < 1.29 is 61.2 Å². The molecule has 0 saturated carbocycles. The zero-order valence-electron chi connectivity index (χ0n) is 29.7. The van der Waals surface area contributed by atoms with Crippen LogP contribution in [0.3, 0.4) is 0 Å². The van der Waals surface area contributed by atoms with Gasteiger partial charge in [-0.15, -0.1) is 0 Å². The van der Waals surface area contributed by atoms with Crippen LogP contribution in [0.2, 0.25) is 0 Å². The van der Waals surface area contributed by atoms with Gasteiger partial charge in [0.2, 0.25) is 0 Å². The van der Waals surface area contributed by atoms with E-state index in [9.17, 15) is 21.6 Å². The molecule has 0 radical (unpaired) electrons. The van der Waals surface area contributed by atoms with Gasteiger partial charge < -0.3 is 18.9 Å². The first-order valence-corrected chi connectivity index (χ1v) is 20.3. The van der Waals surface area contributed by atoms with Crippen molar-refractivity contribution in [2.24, 2.45) is 5.41 Å². The number of rotatable bonds is 15. The van der Waals surface area contributed by atoms with E-state index in [1.54, 1.807) is 28.4 Å². The molecule has 0 aromatic heterocycles. The molecule has 0 amide bonds. The van der Waals surface area contributed by atoms with Crippen molar-refractivity contribution >= 4 is 47.2 Å². The van der Waals surface area contributed by atoms with Crippen LogP contribution in [0.15, 0.2) is 97.1 Å². The third-order valence-electron chi connectivity index (χ3n) is 8.49. The molecular formula is C37H45F3NiO7P2S+2. The Morgan fingerprint density at radius 1 is 0.529 bits per heavy atom. The number of para-hydroxylation sites is 4. The van der Waals surface area contributed by atoms with Crippen LogP contribution >= 0.6 is 15.8 Å². The van der Waals surface area contributed by atoms with Crippen molar-refractivity contribution in [3.8, 4) is 23.0 Å². The summed E-state index contributed by atoms with van der Waals surface area (Å²) in [7, 11) is 0.590. The summed E-state index contributed by atoms with van der Waals surface area (Å²) >= 11 is 0. The molecule has 4 aromatic rings. The Labute approximate surface area is 312 Å². The maximum Gasteiger partial charge on any atom is 2.00 e. The fourth-order valence-corrected chi connectivity index (χ4v) is 12.3. The van der Waals surface area contributed by atoms with Crippen molar-refractivity contribution in [3.05, 3.63) is 97.1 Å². The summed E-state index contributed by atoms with van der Waals surface area (Å²) in [5, 5.41) is 5.00. The molecule has 51 heavy (non-hydrogen) atoms. The van der Waals surface area contributed by atoms with Crippen molar-refractivity contribution in [3.63, 3.8) is 0 Å². The van der Waals surface area contributed by atoms with Crippen LogP contribution in [0.4, 0.5) is 13.2 Å². The van der Waals surface area contributed by atoms with Crippen molar-refractivity contribution in [1.29, 1.82) is 0 Å². The molecule has 4 aromatic carbocycles. The van der Waals surface area contributed by atoms with Crippen LogP contribution in [0.1, 0.15) is 26.7 Å². The van der Waals surface area contributed by atoms with E-state index in [0.717, 1.165) is 48.2 Å². The van der Waals surface area contributed by atoms with Crippen LogP contribution in [-0.2, 0) is 30.8 Å². The Morgan fingerprint density at radius 3 is 0.961 bits per heavy atom. The van der Waals surface area contributed by atoms with Crippen LogP contribution in [0.5, 0.6) is 23.0 Å². The van der Waals surface area contributed by atoms with Crippen LogP contribution < -0.4 is 40.2 Å². The maximum atomic E-state index is 11.1. The molecule has 7 nitrogen and oxygen atoms in total. The van der Waals surface area contributed by atoms with Gasteiger partial charge in [0.1, 0.15) is 23.0 Å². The molecule has 0 fully saturated rings. The van der Waals surface area contributed by atoms with Crippen molar-refractivity contribution in [1.82, 2.24) is 0 Å². The van der Waals surface area contributed by atoms with E-state index in [-0.39, 0.29) is 21.9 Å². The van der Waals surface area contributed by atoms with Gasteiger partial charge in [0.25, 0.3) is 0 Å². The molecule has 0 saturated heterocycles. The number of hydrogen-bond donors (Lipinski definition) is 0. The Morgan fingerprint density at radius 2 is 0.784 bits per heavy atom. The predicted octanol–water partition coefficient (Wildman–Crippen LogP) is 7.57. The molecule has 0 heterocycles. The smallest absolute Gasteiger partial charge is 0.496 e. The van der Waals surface area contributed by atoms with E-state index in [1.165, 1.54) is 21.2 Å². The van der Waals surface area contributed by atoms with Gasteiger partial charge in [0.15, 0.2) is 0 Å². The Kier molecular flexibility index (Phi) is 17.7. The van der Waals surface area contributed by atoms with Gasteiger partial charge in [-0.05, 0) is 70.7 Å². The zero-order chi connectivity index (χ0) is 37.0. The standard InChI is InChI=1S/C35H42O4P2.C2H3F3O3S.Ni/c1-7-35(8-2,25-40(31-21-13-9-17-27(31)36-3)32-22-14-10-18-28(32)37-4)26-41(33-23-15-11-19-29(33)38-5)34-24-16-12-20-30(34)39-6;1-8-9(6,7)2(3,4)5;/h9-24H,7-8,25-26H2,1-6H3;1H3;/q;;+2. The summed E-state index contributed by atoms with van der Waals surface area (Å²) in [6.07, 6.45) is 4.13. The van der Waals surface area contributed by atoms with Crippen LogP contribution in [0, 0.1) is 5.41 Å². The fourth-order valence-electron chi connectivity index (χ4n) is 5.52. The number of alkyl halides is 3. The number of ether oxygens (including phenoxy) is 4. The molecule has 4 rings (SSSR count). The largest absolute Gasteiger partial charge is 2.00 e. The average molecular weight is 811 g/mol. The van der Waals surface area contributed by atoms with Crippen LogP contribution in [0.25, 0.3) is 0 Å². The average Bonchev–Trinajstić information content (AvgIpc) is 3.15.